The first-order chi connectivity index (χ1) is 42.2. The number of likely N-dealkylation sites (tertiary alicyclic amines) is 1. The van der Waals surface area contributed by atoms with Crippen LogP contribution in [0.5, 0.6) is 0 Å². The molecule has 1 fully saturated rings. The van der Waals surface area contributed by atoms with Crippen LogP contribution in [0.1, 0.15) is 130 Å². The second-order valence-electron chi connectivity index (χ2n) is 24.3. The highest BCUT2D eigenvalue weighted by Gasteiger charge is 2.41. The van der Waals surface area contributed by atoms with Crippen molar-refractivity contribution in [3.05, 3.63) is 77.9 Å². The van der Waals surface area contributed by atoms with Crippen molar-refractivity contribution >= 4 is 70.7 Å². The van der Waals surface area contributed by atoms with Gasteiger partial charge in [-0.1, -0.05) is 110 Å². The molecule has 0 bridgehead atoms. The van der Waals surface area contributed by atoms with Crippen LogP contribution in [0, 0.1) is 30.6 Å². The quantitative estimate of drug-likeness (QED) is 0.0321. The van der Waals surface area contributed by atoms with Gasteiger partial charge in [-0.3, -0.25) is 62.5 Å². The topological polar surface area (TPSA) is 295 Å². The molecule has 2 aromatic carbocycles. The minimum absolute atomic E-state index is 0.00627. The van der Waals surface area contributed by atoms with Crippen molar-refractivity contribution in [2.24, 2.45) is 23.7 Å². The highest BCUT2D eigenvalue weighted by molar-refractivity contribution is 6.12. The Morgan fingerprint density at radius 2 is 1.33 bits per heavy atom. The van der Waals surface area contributed by atoms with Crippen molar-refractivity contribution in [3.63, 3.8) is 0 Å². The van der Waals surface area contributed by atoms with Crippen LogP contribution in [0.25, 0.3) is 0 Å². The molecule has 6 N–H and O–H groups in total. The van der Waals surface area contributed by atoms with E-state index in [4.69, 9.17) is 9.47 Å². The average Bonchev–Trinajstić information content (AvgIpc) is 1.88. The third kappa shape index (κ3) is 22.8. The minimum atomic E-state index is -0.803. The van der Waals surface area contributed by atoms with E-state index in [0.717, 1.165) is 16.9 Å². The fourth-order valence-corrected chi connectivity index (χ4v) is 11.5. The van der Waals surface area contributed by atoms with E-state index in [1.165, 1.54) is 17.1 Å². The van der Waals surface area contributed by atoms with Crippen LogP contribution in [-0.4, -0.2) is 195 Å². The van der Waals surface area contributed by atoms with Crippen LogP contribution in [0.3, 0.4) is 0 Å². The number of unbranched alkanes of at least 4 members (excludes halogenated alkanes) is 2. The standard InChI is InChI=1S/C65H99N11O13/c1-14-43(6)61(73(12)65(87)59(41(2)3)71-64(86)60(42(4)5)72(10)11)50(88-13)35-57(83)74-33-23-27-48(74)34-45(8)63(85)70-46(9)62(47-25-17-15-18-26-47)89-40-69-54(80)39-76(49-28-21-20-24-44(49)7)58(84)38-68-53(79)37-67-52(78)36-66-51(77)29-19-16-22-32-75-55(81)30-31-56(75)82/h15,17-18,20-21,24-26,28,30-31,41-43,45-46,48,50,59-62H,14,16,19,22-23,27,29,32-40H2,1-13H3,(H,66,77)(H,67,78)(H,68,79)(H,69,80)(H,70,85)(H,71,86)/t43-,45+,46+,48-,50+,59?,60-,61-,62+/m0/s1. The third-order valence-electron chi connectivity index (χ3n) is 16.5. The lowest BCUT2D eigenvalue weighted by atomic mass is 9.89. The van der Waals surface area contributed by atoms with Crippen LogP contribution in [0.15, 0.2) is 66.7 Å². The predicted molar refractivity (Wildman–Crippen MR) is 337 cm³/mol. The Hall–Kier alpha value is -7.57. The van der Waals surface area contributed by atoms with Gasteiger partial charge in [0, 0.05) is 63.5 Å². The predicted octanol–water partition coefficient (Wildman–Crippen LogP) is 3.52. The maximum absolute atomic E-state index is 14.4. The van der Waals surface area contributed by atoms with Gasteiger partial charge in [-0.25, -0.2) is 0 Å². The maximum Gasteiger partial charge on any atom is 0.253 e. The second kappa shape index (κ2) is 36.8. The lowest BCUT2D eigenvalue weighted by Crippen LogP contribution is -2.59. The summed E-state index contributed by atoms with van der Waals surface area (Å²) in [6.45, 7) is 15.8. The largest absolute Gasteiger partial charge is 0.379 e. The summed E-state index contributed by atoms with van der Waals surface area (Å²) in [7, 11) is 6.95. The molecule has 89 heavy (non-hydrogen) atoms. The molecule has 9 atom stereocenters. The average molecular weight is 1240 g/mol. The van der Waals surface area contributed by atoms with Gasteiger partial charge in [-0.05, 0) is 95.0 Å². The van der Waals surface area contributed by atoms with Gasteiger partial charge in [-0.2, -0.15) is 0 Å². The second-order valence-corrected chi connectivity index (χ2v) is 24.3. The number of para-hydroxylation sites is 1. The molecule has 24 heteroatoms. The van der Waals surface area contributed by atoms with Crippen LogP contribution in [-0.2, 0) is 62.2 Å². The fraction of sp³-hybridized carbons (Fsp3) is 0.615. The van der Waals surface area contributed by atoms with Crippen molar-refractivity contribution in [1.29, 1.82) is 0 Å². The van der Waals surface area contributed by atoms with Crippen molar-refractivity contribution < 1.29 is 62.2 Å². The van der Waals surface area contributed by atoms with E-state index >= 15 is 0 Å². The van der Waals surface area contributed by atoms with Gasteiger partial charge in [0.05, 0.1) is 50.3 Å². The number of benzene rings is 2. The van der Waals surface area contributed by atoms with E-state index in [0.29, 0.717) is 56.3 Å². The smallest absolute Gasteiger partial charge is 0.253 e. The highest BCUT2D eigenvalue weighted by Crippen LogP contribution is 2.30. The number of carbonyl (C=O) groups is 11. The maximum atomic E-state index is 14.4. The molecule has 11 amide bonds. The molecule has 2 aliphatic heterocycles. The summed E-state index contributed by atoms with van der Waals surface area (Å²) < 4.78 is 12.4. The van der Waals surface area contributed by atoms with Gasteiger partial charge in [0.25, 0.3) is 11.8 Å². The number of aryl methyl sites for hydroxylation is 1. The number of nitrogens with one attached hydrogen (secondary N) is 6. The van der Waals surface area contributed by atoms with Crippen LogP contribution >= 0.6 is 0 Å². The number of imide groups is 1. The normalized spacial score (nSPS) is 16.7. The number of anilines is 1. The Labute approximate surface area is 525 Å². The first-order valence-corrected chi connectivity index (χ1v) is 31.2. The minimum Gasteiger partial charge on any atom is -0.379 e. The zero-order valence-corrected chi connectivity index (χ0v) is 54.6. The highest BCUT2D eigenvalue weighted by atomic mass is 16.5. The van der Waals surface area contributed by atoms with E-state index in [9.17, 15) is 52.7 Å². The van der Waals surface area contributed by atoms with E-state index in [1.54, 1.807) is 57.2 Å². The molecule has 2 aromatic rings. The number of hydrogen-bond acceptors (Lipinski definition) is 14. The summed E-state index contributed by atoms with van der Waals surface area (Å²) in [6.07, 6.45) is 5.27. The molecule has 0 aromatic heterocycles. The molecule has 0 aliphatic carbocycles. The summed E-state index contributed by atoms with van der Waals surface area (Å²) in [4.78, 5) is 152. The number of amides is 11. The van der Waals surface area contributed by atoms with Gasteiger partial charge < -0.3 is 56.1 Å². The number of hydrogen-bond donors (Lipinski definition) is 6. The lowest BCUT2D eigenvalue weighted by molar-refractivity contribution is -0.146. The van der Waals surface area contributed by atoms with E-state index in [-0.39, 0.29) is 97.8 Å². The van der Waals surface area contributed by atoms with Gasteiger partial charge in [0.15, 0.2) is 0 Å². The molecule has 2 aliphatic rings. The van der Waals surface area contributed by atoms with E-state index in [1.807, 2.05) is 103 Å². The number of nitrogens with zero attached hydrogens (tertiary/aromatic N) is 5. The monoisotopic (exact) mass is 1240 g/mol. The van der Waals surface area contributed by atoms with Gasteiger partial charge in [0.1, 0.15) is 25.4 Å². The molecule has 4 rings (SSSR count). The molecular formula is C65H99N11O13. The van der Waals surface area contributed by atoms with Crippen molar-refractivity contribution in [3.8, 4) is 0 Å². The molecule has 2 heterocycles. The van der Waals surface area contributed by atoms with Gasteiger partial charge in [-0.15, -0.1) is 0 Å². The van der Waals surface area contributed by atoms with E-state index < -0.39 is 85.6 Å². The molecule has 24 nitrogen and oxygen atoms in total. The Balaban J connectivity index is 1.31. The molecule has 1 saturated heterocycles. The van der Waals surface area contributed by atoms with Crippen LogP contribution in [0.2, 0.25) is 0 Å². The van der Waals surface area contributed by atoms with Gasteiger partial charge in [0.2, 0.25) is 53.2 Å². The Kier molecular flexibility index (Phi) is 30.6. The number of likely N-dealkylation sites (N-methyl/N-ethyl adjacent to an activating group) is 2. The Morgan fingerprint density at radius 3 is 1.92 bits per heavy atom. The summed E-state index contributed by atoms with van der Waals surface area (Å²) in [5.41, 5.74) is 1.82. The zero-order valence-electron chi connectivity index (χ0n) is 54.6. The summed E-state index contributed by atoms with van der Waals surface area (Å²) in [5.74, 6) is -5.34. The van der Waals surface area contributed by atoms with Crippen LogP contribution in [0.4, 0.5) is 5.69 Å². The summed E-state index contributed by atoms with van der Waals surface area (Å²) >= 11 is 0. The van der Waals surface area contributed by atoms with Gasteiger partial charge >= 0.3 is 0 Å². The van der Waals surface area contributed by atoms with Crippen molar-refractivity contribution in [1.82, 2.24) is 51.5 Å². The molecule has 492 valence electrons. The molecular weight excluding hydrogens is 1140 g/mol. The van der Waals surface area contributed by atoms with Crippen molar-refractivity contribution in [2.75, 3.05) is 79.2 Å². The SMILES string of the molecule is CC[C@H](C)[C@@H]([C@@H](CC(=O)N1CCC[C@H]1C[C@@H](C)C(=O)N[C@H](C)[C@@H](OCNC(=O)CN(C(=O)CNC(=O)CNC(=O)CNC(=O)CCCCCN1C(=O)C=CC1=O)c1ccccc1C)c1ccccc1)OC)N(C)C(=O)C(NC(=O)[C@H](C(C)C)N(C)C)C(C)C. The summed E-state index contributed by atoms with van der Waals surface area (Å²) in [6, 6.07) is 13.5. The molecule has 1 unspecified atom stereocenters. The first-order valence-electron chi connectivity index (χ1n) is 31.2. The first kappa shape index (κ1) is 73.9. The van der Waals surface area contributed by atoms with Crippen LogP contribution < -0.4 is 36.8 Å². The molecule has 0 radical (unpaired) electrons. The Morgan fingerprint density at radius 1 is 0.708 bits per heavy atom. The number of ether oxygens (including phenoxy) is 2. The fourth-order valence-electron chi connectivity index (χ4n) is 11.5. The van der Waals surface area contributed by atoms with Crippen molar-refractivity contribution in [2.45, 2.75) is 163 Å². The molecule has 0 spiro atoms. The Bertz CT molecular complexity index is 2730. The number of rotatable bonds is 37. The molecule has 0 saturated carbocycles. The third-order valence-corrected chi connectivity index (χ3v) is 16.5. The lowest BCUT2D eigenvalue weighted by Gasteiger charge is -2.40. The van der Waals surface area contributed by atoms with E-state index in [2.05, 4.69) is 31.9 Å². The number of carbonyl (C=O) groups excluding carboxylic acids is 11. The number of methoxy groups -OCH3 is 1. The summed E-state index contributed by atoms with van der Waals surface area (Å²) in [5, 5.41) is 16.2. The zero-order chi connectivity index (χ0) is 66.1.